The van der Waals surface area contributed by atoms with Crippen molar-refractivity contribution < 1.29 is 13.2 Å². The van der Waals surface area contributed by atoms with E-state index in [1.807, 2.05) is 24.3 Å². The third-order valence-electron chi connectivity index (χ3n) is 5.65. The van der Waals surface area contributed by atoms with Crippen LogP contribution in [-0.4, -0.2) is 19.4 Å². The molecule has 0 fully saturated rings. The van der Waals surface area contributed by atoms with E-state index in [-0.39, 0.29) is 0 Å². The maximum Gasteiger partial charge on any atom is 0.333 e. The van der Waals surface area contributed by atoms with Crippen LogP contribution in [0.5, 0.6) is 0 Å². The average Bonchev–Trinajstić information content (AvgIpc) is 3.44. The topological polar surface area (TPSA) is 88.2 Å². The Morgan fingerprint density at radius 3 is 2.43 bits per heavy atom. The number of sulfonamides is 1. The Hall–Kier alpha value is -2.71. The Bertz CT molecular complexity index is 1230. The molecule has 0 aliphatic heterocycles. The highest BCUT2D eigenvalue weighted by Gasteiger charge is 2.25. The number of hydrogen-bond donors (Lipinski definition) is 2. The highest BCUT2D eigenvalue weighted by atomic mass is 32.2. The molecule has 2 aliphatic carbocycles. The Labute approximate surface area is 179 Å². The van der Waals surface area contributed by atoms with E-state index in [2.05, 4.69) is 21.1 Å². The van der Waals surface area contributed by atoms with Crippen molar-refractivity contribution in [2.45, 2.75) is 38.5 Å². The second-order valence-electron chi connectivity index (χ2n) is 7.66. The van der Waals surface area contributed by atoms with Gasteiger partial charge in [-0.05, 0) is 79.0 Å². The van der Waals surface area contributed by atoms with Crippen LogP contribution in [0.2, 0.25) is 0 Å². The lowest BCUT2D eigenvalue weighted by atomic mass is 9.99. The molecule has 1 heterocycles. The quantitative estimate of drug-likeness (QED) is 0.631. The Kier molecular flexibility index (Phi) is 4.83. The zero-order chi connectivity index (χ0) is 20.7. The van der Waals surface area contributed by atoms with E-state index < -0.39 is 16.1 Å². The van der Waals surface area contributed by atoms with Crippen LogP contribution in [0.1, 0.15) is 40.1 Å². The molecule has 154 valence electrons. The first-order chi connectivity index (χ1) is 14.5. The molecule has 2 N–H and O–H groups in total. The summed E-state index contributed by atoms with van der Waals surface area (Å²) in [5.41, 5.74) is 6.52. The normalized spacial score (nSPS) is 15.5. The summed E-state index contributed by atoms with van der Waals surface area (Å²) in [5.74, 6) is 0. The summed E-state index contributed by atoms with van der Waals surface area (Å²) in [7, 11) is -3.94. The summed E-state index contributed by atoms with van der Waals surface area (Å²) >= 11 is 1.40. The maximum absolute atomic E-state index is 12.5. The number of aryl methyl sites for hydroxylation is 2. The molecular formula is C22H21N3O3S2. The van der Waals surface area contributed by atoms with Gasteiger partial charge in [0.2, 0.25) is 0 Å². The van der Waals surface area contributed by atoms with Gasteiger partial charge in [0.05, 0.1) is 15.6 Å². The number of nitrogens with zero attached hydrogens (tertiary/aromatic N) is 1. The summed E-state index contributed by atoms with van der Waals surface area (Å²) in [6.07, 6.45) is 7.42. The van der Waals surface area contributed by atoms with E-state index in [4.69, 9.17) is 0 Å². The maximum atomic E-state index is 12.5. The lowest BCUT2D eigenvalue weighted by molar-refractivity contribution is 0.256. The number of rotatable bonds is 4. The van der Waals surface area contributed by atoms with Crippen LogP contribution >= 0.6 is 11.3 Å². The fourth-order valence-corrected chi connectivity index (χ4v) is 6.02. The molecule has 3 aromatic rings. The van der Waals surface area contributed by atoms with E-state index in [0.29, 0.717) is 5.01 Å². The Morgan fingerprint density at radius 1 is 1.03 bits per heavy atom. The van der Waals surface area contributed by atoms with Gasteiger partial charge < -0.3 is 5.32 Å². The first-order valence-electron chi connectivity index (χ1n) is 10.0. The van der Waals surface area contributed by atoms with Gasteiger partial charge in [0.15, 0.2) is 0 Å². The van der Waals surface area contributed by atoms with Gasteiger partial charge in [0.1, 0.15) is 5.01 Å². The monoisotopic (exact) mass is 439 g/mol. The van der Waals surface area contributed by atoms with E-state index in [1.54, 1.807) is 0 Å². The molecule has 2 aromatic carbocycles. The fourth-order valence-electron chi connectivity index (χ4n) is 4.38. The molecule has 0 saturated heterocycles. The SMILES string of the molecule is O=C(Nc1c2c(cc3c1CCC3)CCC2)NS(=O)(=O)/C=C/c1nc2ccccc2s1. The predicted octanol–water partition coefficient (Wildman–Crippen LogP) is 4.40. The number of anilines is 1. The molecule has 2 aliphatic rings. The highest BCUT2D eigenvalue weighted by Crippen LogP contribution is 2.38. The van der Waals surface area contributed by atoms with Gasteiger partial charge in [-0.25, -0.2) is 22.9 Å². The van der Waals surface area contributed by atoms with Crippen LogP contribution < -0.4 is 10.0 Å². The van der Waals surface area contributed by atoms with Crippen LogP contribution in [0.25, 0.3) is 16.3 Å². The van der Waals surface area contributed by atoms with Crippen molar-refractivity contribution in [3.8, 4) is 0 Å². The van der Waals surface area contributed by atoms with Crippen LogP contribution in [0.3, 0.4) is 0 Å². The third kappa shape index (κ3) is 3.73. The summed E-state index contributed by atoms with van der Waals surface area (Å²) in [6.45, 7) is 0. The number of carbonyl (C=O) groups is 1. The first-order valence-corrected chi connectivity index (χ1v) is 12.4. The van der Waals surface area contributed by atoms with Crippen molar-refractivity contribution in [3.05, 3.63) is 63.0 Å². The van der Waals surface area contributed by atoms with Crippen molar-refractivity contribution in [1.29, 1.82) is 0 Å². The second-order valence-corrected chi connectivity index (χ2v) is 10.3. The highest BCUT2D eigenvalue weighted by molar-refractivity contribution is 7.93. The molecule has 0 unspecified atom stereocenters. The number of nitrogens with one attached hydrogen (secondary N) is 2. The minimum absolute atomic E-state index is 0.570. The molecule has 30 heavy (non-hydrogen) atoms. The lowest BCUT2D eigenvalue weighted by Crippen LogP contribution is -2.33. The number of fused-ring (bicyclic) bond motifs is 3. The van der Waals surface area contributed by atoms with Crippen molar-refractivity contribution in [1.82, 2.24) is 9.71 Å². The zero-order valence-corrected chi connectivity index (χ0v) is 17.9. The predicted molar refractivity (Wildman–Crippen MR) is 120 cm³/mol. The van der Waals surface area contributed by atoms with Gasteiger partial charge in [-0.3, -0.25) is 0 Å². The summed E-state index contributed by atoms with van der Waals surface area (Å²) in [6, 6.07) is 9.15. The number of amides is 2. The number of thiazole rings is 1. The van der Waals surface area contributed by atoms with Crippen LogP contribution in [-0.2, 0) is 35.7 Å². The van der Waals surface area contributed by atoms with Gasteiger partial charge in [-0.15, -0.1) is 11.3 Å². The van der Waals surface area contributed by atoms with E-state index in [0.717, 1.165) is 71.0 Å². The summed E-state index contributed by atoms with van der Waals surface area (Å²) in [4.78, 5) is 16.9. The van der Waals surface area contributed by atoms with E-state index in [9.17, 15) is 13.2 Å². The molecule has 1 aromatic heterocycles. The van der Waals surface area contributed by atoms with Gasteiger partial charge in [0.25, 0.3) is 10.0 Å². The van der Waals surface area contributed by atoms with Gasteiger partial charge in [0, 0.05) is 5.69 Å². The molecule has 0 spiro atoms. The summed E-state index contributed by atoms with van der Waals surface area (Å²) in [5, 5.41) is 4.40. The van der Waals surface area contributed by atoms with Crippen LogP contribution in [0, 0.1) is 0 Å². The van der Waals surface area contributed by atoms with Crippen molar-refractivity contribution in [2.75, 3.05) is 5.32 Å². The molecular weight excluding hydrogens is 418 g/mol. The van der Waals surface area contributed by atoms with Crippen molar-refractivity contribution >= 4 is 49.4 Å². The molecule has 6 nitrogen and oxygen atoms in total. The van der Waals surface area contributed by atoms with E-state index >= 15 is 0 Å². The van der Waals surface area contributed by atoms with Crippen LogP contribution in [0.15, 0.2) is 35.7 Å². The number of aromatic nitrogens is 1. The number of benzene rings is 2. The average molecular weight is 440 g/mol. The van der Waals surface area contributed by atoms with Gasteiger partial charge >= 0.3 is 6.03 Å². The molecule has 0 radical (unpaired) electrons. The van der Waals surface area contributed by atoms with Gasteiger partial charge in [-0.1, -0.05) is 18.2 Å². The standard InChI is InChI=1S/C22H21N3O3S2/c26-22(24-21-16-7-3-5-14(16)13-15-6-4-8-17(15)21)25-30(27,28)12-11-20-23-18-9-1-2-10-19(18)29-20/h1-2,9-13H,3-8H2,(H2,24,25,26)/b12-11+. The summed E-state index contributed by atoms with van der Waals surface area (Å²) < 4.78 is 27.9. The second kappa shape index (κ2) is 7.52. The minimum atomic E-state index is -3.94. The number of para-hydroxylation sites is 1. The third-order valence-corrected chi connectivity index (χ3v) is 7.61. The zero-order valence-electron chi connectivity index (χ0n) is 16.3. The molecule has 0 bridgehead atoms. The first kappa shape index (κ1) is 19.3. The van der Waals surface area contributed by atoms with Crippen molar-refractivity contribution in [2.24, 2.45) is 0 Å². The molecule has 0 saturated carbocycles. The lowest BCUT2D eigenvalue weighted by Gasteiger charge is -2.16. The fraction of sp³-hybridized carbons (Fsp3) is 0.273. The van der Waals surface area contributed by atoms with Crippen molar-refractivity contribution in [3.63, 3.8) is 0 Å². The van der Waals surface area contributed by atoms with Crippen LogP contribution in [0.4, 0.5) is 10.5 Å². The van der Waals surface area contributed by atoms with E-state index in [1.165, 1.54) is 28.5 Å². The van der Waals surface area contributed by atoms with Gasteiger partial charge in [-0.2, -0.15) is 0 Å². The minimum Gasteiger partial charge on any atom is -0.307 e. The largest absolute Gasteiger partial charge is 0.333 e. The number of carbonyl (C=O) groups excluding carboxylic acids is 1. The number of hydrogen-bond acceptors (Lipinski definition) is 5. The molecule has 8 heteroatoms. The Morgan fingerprint density at radius 2 is 1.73 bits per heavy atom. The molecule has 2 amide bonds. The molecule has 5 rings (SSSR count). The molecule has 0 atom stereocenters. The Balaban J connectivity index is 1.33. The smallest absolute Gasteiger partial charge is 0.307 e. The number of urea groups is 1.